The second-order valence-electron chi connectivity index (χ2n) is 4.28. The molecule has 2 aromatic rings. The monoisotopic (exact) mass is 384 g/mol. The molecule has 0 aliphatic heterocycles. The fourth-order valence-electron chi connectivity index (χ4n) is 1.61. The Bertz CT molecular complexity index is 717. The third kappa shape index (κ3) is 4.30. The van der Waals surface area contributed by atoms with Gasteiger partial charge in [0.1, 0.15) is 0 Å². The first kappa shape index (κ1) is 16.0. The second kappa shape index (κ2) is 7.07. The summed E-state index contributed by atoms with van der Waals surface area (Å²) >= 11 is 15.1. The number of nitrogens with zero attached hydrogens (tertiary/aromatic N) is 1. The van der Waals surface area contributed by atoms with Gasteiger partial charge in [0.15, 0.2) is 0 Å². The molecule has 0 radical (unpaired) electrons. The normalized spacial score (nSPS) is 11.3. The number of rotatable bonds is 3. The van der Waals surface area contributed by atoms with Gasteiger partial charge in [-0.15, -0.1) is 0 Å². The number of carbonyl (C=O) groups is 1. The van der Waals surface area contributed by atoms with Crippen LogP contribution in [0.15, 0.2) is 52.0 Å². The van der Waals surface area contributed by atoms with Crippen LogP contribution in [-0.2, 0) is 0 Å². The van der Waals surface area contributed by atoms with Gasteiger partial charge in [0, 0.05) is 10.0 Å². The van der Waals surface area contributed by atoms with E-state index in [1.54, 1.807) is 43.3 Å². The molecule has 2 rings (SSSR count). The van der Waals surface area contributed by atoms with Gasteiger partial charge in [-0.3, -0.25) is 4.79 Å². The summed E-state index contributed by atoms with van der Waals surface area (Å²) in [6, 6.07) is 12.2. The lowest BCUT2D eigenvalue weighted by molar-refractivity contribution is 0.0955. The zero-order chi connectivity index (χ0) is 15.4. The summed E-state index contributed by atoms with van der Waals surface area (Å²) in [4.78, 5) is 12.0. The van der Waals surface area contributed by atoms with Crippen LogP contribution >= 0.6 is 39.1 Å². The summed E-state index contributed by atoms with van der Waals surface area (Å²) in [5.41, 5.74) is 4.46. The van der Waals surface area contributed by atoms with Gasteiger partial charge in [-0.25, -0.2) is 5.43 Å². The van der Waals surface area contributed by atoms with Gasteiger partial charge in [0.25, 0.3) is 5.91 Å². The van der Waals surface area contributed by atoms with E-state index in [1.807, 2.05) is 6.07 Å². The quantitative estimate of drug-likeness (QED) is 0.591. The molecule has 21 heavy (non-hydrogen) atoms. The molecule has 2 aromatic carbocycles. The van der Waals surface area contributed by atoms with E-state index in [2.05, 4.69) is 26.5 Å². The Balaban J connectivity index is 2.13. The zero-order valence-electron chi connectivity index (χ0n) is 11.0. The van der Waals surface area contributed by atoms with Crippen LogP contribution in [0.3, 0.4) is 0 Å². The van der Waals surface area contributed by atoms with Gasteiger partial charge in [0.05, 0.1) is 15.8 Å². The first-order chi connectivity index (χ1) is 9.97. The SMILES string of the molecule is CC(=NNC(=O)c1cccc(Br)c1)c1ccc(Cl)c(Cl)c1. The predicted octanol–water partition coefficient (Wildman–Crippen LogP) is 4.91. The number of carbonyl (C=O) groups excluding carboxylic acids is 1. The largest absolute Gasteiger partial charge is 0.271 e. The lowest BCUT2D eigenvalue weighted by Gasteiger charge is -2.04. The number of halogens is 3. The topological polar surface area (TPSA) is 41.5 Å². The van der Waals surface area contributed by atoms with Crippen LogP contribution in [0, 0.1) is 0 Å². The lowest BCUT2D eigenvalue weighted by atomic mass is 10.1. The second-order valence-corrected chi connectivity index (χ2v) is 6.01. The molecule has 0 aliphatic carbocycles. The van der Waals surface area contributed by atoms with Crippen LogP contribution in [-0.4, -0.2) is 11.6 Å². The minimum absolute atomic E-state index is 0.282. The predicted molar refractivity (Wildman–Crippen MR) is 90.3 cm³/mol. The van der Waals surface area contributed by atoms with E-state index in [0.717, 1.165) is 10.0 Å². The summed E-state index contributed by atoms with van der Waals surface area (Å²) in [6.07, 6.45) is 0. The maximum absolute atomic E-state index is 12.0. The van der Waals surface area contributed by atoms with Crippen molar-refractivity contribution in [2.45, 2.75) is 6.92 Å². The van der Waals surface area contributed by atoms with Gasteiger partial charge in [-0.05, 0) is 42.8 Å². The molecule has 6 heteroatoms. The van der Waals surface area contributed by atoms with E-state index < -0.39 is 0 Å². The summed E-state index contributed by atoms with van der Waals surface area (Å²) in [7, 11) is 0. The van der Waals surface area contributed by atoms with E-state index in [-0.39, 0.29) is 5.91 Å². The average molecular weight is 386 g/mol. The number of hydrogen-bond donors (Lipinski definition) is 1. The minimum Gasteiger partial charge on any atom is -0.267 e. The van der Waals surface area contributed by atoms with Crippen LogP contribution in [0.25, 0.3) is 0 Å². The summed E-state index contributed by atoms with van der Waals surface area (Å²) in [5.74, 6) is -0.282. The van der Waals surface area contributed by atoms with E-state index >= 15 is 0 Å². The van der Waals surface area contributed by atoms with Crippen molar-refractivity contribution < 1.29 is 4.79 Å². The zero-order valence-corrected chi connectivity index (χ0v) is 14.1. The molecular weight excluding hydrogens is 375 g/mol. The number of nitrogens with one attached hydrogen (secondary N) is 1. The highest BCUT2D eigenvalue weighted by molar-refractivity contribution is 9.10. The van der Waals surface area contributed by atoms with Crippen molar-refractivity contribution >= 4 is 50.8 Å². The van der Waals surface area contributed by atoms with Crippen molar-refractivity contribution in [1.82, 2.24) is 5.43 Å². The number of benzene rings is 2. The summed E-state index contributed by atoms with van der Waals surface area (Å²) < 4.78 is 0.834. The fourth-order valence-corrected chi connectivity index (χ4v) is 2.31. The Labute approximate surface area is 141 Å². The van der Waals surface area contributed by atoms with Gasteiger partial charge in [-0.2, -0.15) is 5.10 Å². The third-order valence-corrected chi connectivity index (χ3v) is 3.98. The molecule has 0 bridgehead atoms. The van der Waals surface area contributed by atoms with Crippen molar-refractivity contribution in [3.05, 3.63) is 68.1 Å². The molecule has 1 amide bonds. The molecule has 0 fully saturated rings. The molecule has 108 valence electrons. The maximum Gasteiger partial charge on any atom is 0.271 e. The van der Waals surface area contributed by atoms with E-state index in [4.69, 9.17) is 23.2 Å². The Hall–Kier alpha value is -1.36. The van der Waals surface area contributed by atoms with Gasteiger partial charge in [-0.1, -0.05) is 51.3 Å². The Morgan fingerprint density at radius 2 is 1.86 bits per heavy atom. The molecule has 0 heterocycles. The first-order valence-electron chi connectivity index (χ1n) is 6.03. The number of amides is 1. The van der Waals surface area contributed by atoms with Crippen molar-refractivity contribution in [2.24, 2.45) is 5.10 Å². The van der Waals surface area contributed by atoms with Gasteiger partial charge in [0.2, 0.25) is 0 Å². The standard InChI is InChI=1S/C15H11BrCl2N2O/c1-9(10-5-6-13(17)14(18)8-10)19-20-15(21)11-3-2-4-12(16)7-11/h2-8H,1H3,(H,20,21). The molecule has 0 aliphatic rings. The van der Waals surface area contributed by atoms with Crippen LogP contribution in [0.2, 0.25) is 10.0 Å². The van der Waals surface area contributed by atoms with Gasteiger partial charge >= 0.3 is 0 Å². The van der Waals surface area contributed by atoms with Crippen LogP contribution < -0.4 is 5.43 Å². The molecule has 0 atom stereocenters. The number of hydrazone groups is 1. The molecule has 0 aromatic heterocycles. The molecule has 0 saturated carbocycles. The summed E-state index contributed by atoms with van der Waals surface area (Å²) in [6.45, 7) is 1.78. The molecule has 0 unspecified atom stereocenters. The highest BCUT2D eigenvalue weighted by atomic mass is 79.9. The van der Waals surface area contributed by atoms with Crippen molar-refractivity contribution in [3.8, 4) is 0 Å². The van der Waals surface area contributed by atoms with Gasteiger partial charge < -0.3 is 0 Å². The fraction of sp³-hybridized carbons (Fsp3) is 0.0667. The third-order valence-electron chi connectivity index (χ3n) is 2.75. The smallest absolute Gasteiger partial charge is 0.267 e. The van der Waals surface area contributed by atoms with Crippen LogP contribution in [0.5, 0.6) is 0 Å². The van der Waals surface area contributed by atoms with Crippen LogP contribution in [0.4, 0.5) is 0 Å². The molecule has 3 nitrogen and oxygen atoms in total. The molecule has 0 spiro atoms. The van der Waals surface area contributed by atoms with E-state index in [0.29, 0.717) is 21.3 Å². The van der Waals surface area contributed by atoms with Crippen molar-refractivity contribution in [2.75, 3.05) is 0 Å². The van der Waals surface area contributed by atoms with Crippen LogP contribution in [0.1, 0.15) is 22.8 Å². The first-order valence-corrected chi connectivity index (χ1v) is 7.58. The van der Waals surface area contributed by atoms with Crippen molar-refractivity contribution in [1.29, 1.82) is 0 Å². The molecule has 0 saturated heterocycles. The Kier molecular flexibility index (Phi) is 5.39. The Morgan fingerprint density at radius 1 is 1.10 bits per heavy atom. The van der Waals surface area contributed by atoms with E-state index in [1.165, 1.54) is 0 Å². The average Bonchev–Trinajstić information content (AvgIpc) is 2.47. The highest BCUT2D eigenvalue weighted by Gasteiger charge is 2.06. The molecule has 1 N–H and O–H groups in total. The van der Waals surface area contributed by atoms with E-state index in [9.17, 15) is 4.79 Å². The van der Waals surface area contributed by atoms with Crippen molar-refractivity contribution in [3.63, 3.8) is 0 Å². The molecular formula is C15H11BrCl2N2O. The lowest BCUT2D eigenvalue weighted by Crippen LogP contribution is -2.19. The summed E-state index contributed by atoms with van der Waals surface area (Å²) in [5, 5.41) is 5.00. The Morgan fingerprint density at radius 3 is 2.52 bits per heavy atom. The minimum atomic E-state index is -0.282. The number of hydrogen-bond acceptors (Lipinski definition) is 2. The highest BCUT2D eigenvalue weighted by Crippen LogP contribution is 2.22. The maximum atomic E-state index is 12.0.